The summed E-state index contributed by atoms with van der Waals surface area (Å²) >= 11 is 0. The first-order valence-corrected chi connectivity index (χ1v) is 11.7. The minimum Gasteiger partial charge on any atom is -0.484 e. The van der Waals surface area contributed by atoms with Crippen molar-refractivity contribution >= 4 is 5.91 Å². The highest BCUT2D eigenvalue weighted by Gasteiger charge is 2.45. The molecule has 2 unspecified atom stereocenters. The first kappa shape index (κ1) is 24.5. The molecule has 1 spiro atoms. The van der Waals surface area contributed by atoms with E-state index in [2.05, 4.69) is 12.1 Å². The van der Waals surface area contributed by atoms with Gasteiger partial charge < -0.3 is 19.1 Å². The Balaban J connectivity index is 1.38. The molecular formula is C26H30F3NO4. The van der Waals surface area contributed by atoms with Crippen LogP contribution in [0, 0.1) is 0 Å². The summed E-state index contributed by atoms with van der Waals surface area (Å²) in [5.41, 5.74) is 1.22. The second-order valence-electron chi connectivity index (χ2n) is 8.94. The van der Waals surface area contributed by atoms with Crippen molar-refractivity contribution in [1.82, 2.24) is 4.90 Å². The molecule has 2 heterocycles. The van der Waals surface area contributed by atoms with Crippen molar-refractivity contribution in [3.8, 4) is 5.75 Å². The SMILES string of the molecule is CCOC1CC(c2ccccc2)OC2(CCN(C(=O)c3ccc(OCC(F)(F)F)cc3)CC2)C1. The maximum atomic E-state index is 13.0. The zero-order chi connectivity index (χ0) is 24.2. The Morgan fingerprint density at radius 2 is 1.76 bits per heavy atom. The van der Waals surface area contributed by atoms with E-state index in [-0.39, 0.29) is 29.5 Å². The predicted molar refractivity (Wildman–Crippen MR) is 121 cm³/mol. The monoisotopic (exact) mass is 477 g/mol. The van der Waals surface area contributed by atoms with Crippen LogP contribution in [0.1, 0.15) is 54.6 Å². The van der Waals surface area contributed by atoms with Gasteiger partial charge in [-0.3, -0.25) is 4.79 Å². The third-order valence-electron chi connectivity index (χ3n) is 6.51. The molecule has 2 aliphatic heterocycles. The van der Waals surface area contributed by atoms with E-state index in [1.807, 2.05) is 25.1 Å². The number of carbonyl (C=O) groups excluding carboxylic acids is 1. The second-order valence-corrected chi connectivity index (χ2v) is 8.94. The van der Waals surface area contributed by atoms with Crippen LogP contribution in [-0.2, 0) is 9.47 Å². The lowest BCUT2D eigenvalue weighted by Crippen LogP contribution is -2.52. The fourth-order valence-electron chi connectivity index (χ4n) is 4.85. The zero-order valence-corrected chi connectivity index (χ0v) is 19.2. The largest absolute Gasteiger partial charge is 0.484 e. The highest BCUT2D eigenvalue weighted by Crippen LogP contribution is 2.44. The summed E-state index contributed by atoms with van der Waals surface area (Å²) in [7, 11) is 0. The number of halogens is 3. The van der Waals surface area contributed by atoms with E-state index < -0.39 is 12.8 Å². The van der Waals surface area contributed by atoms with Crippen LogP contribution < -0.4 is 4.74 Å². The quantitative estimate of drug-likeness (QED) is 0.547. The molecule has 4 rings (SSSR count). The molecule has 0 aromatic heterocycles. The summed E-state index contributed by atoms with van der Waals surface area (Å²) in [6.45, 7) is 2.38. The Morgan fingerprint density at radius 3 is 2.38 bits per heavy atom. The first-order chi connectivity index (χ1) is 16.3. The number of rotatable bonds is 6. The fraction of sp³-hybridized carbons (Fsp3) is 0.500. The molecule has 2 fully saturated rings. The lowest BCUT2D eigenvalue weighted by Gasteiger charge is -2.48. The van der Waals surface area contributed by atoms with Gasteiger partial charge in [0.2, 0.25) is 0 Å². The van der Waals surface area contributed by atoms with Crippen LogP contribution in [0.2, 0.25) is 0 Å². The van der Waals surface area contributed by atoms with Gasteiger partial charge in [0.05, 0.1) is 17.8 Å². The number of alkyl halides is 3. The molecular weight excluding hydrogens is 447 g/mol. The fourth-order valence-corrected chi connectivity index (χ4v) is 4.85. The maximum Gasteiger partial charge on any atom is 0.422 e. The van der Waals surface area contributed by atoms with Gasteiger partial charge in [-0.05, 0) is 49.6 Å². The minimum absolute atomic E-state index is 0.0435. The van der Waals surface area contributed by atoms with Gasteiger partial charge in [-0.1, -0.05) is 30.3 Å². The average molecular weight is 478 g/mol. The van der Waals surface area contributed by atoms with Crippen molar-refractivity contribution in [2.75, 3.05) is 26.3 Å². The Hall–Kier alpha value is -2.58. The van der Waals surface area contributed by atoms with Crippen molar-refractivity contribution in [1.29, 1.82) is 0 Å². The number of nitrogens with zero attached hydrogens (tertiary/aromatic N) is 1. The maximum absolute atomic E-state index is 13.0. The van der Waals surface area contributed by atoms with Gasteiger partial charge in [0.25, 0.3) is 5.91 Å². The van der Waals surface area contributed by atoms with Gasteiger partial charge in [0.1, 0.15) is 5.75 Å². The lowest BCUT2D eigenvalue weighted by atomic mass is 9.80. The smallest absolute Gasteiger partial charge is 0.422 e. The Labute approximate surface area is 197 Å². The number of piperidine rings is 1. The molecule has 0 N–H and O–H groups in total. The molecule has 34 heavy (non-hydrogen) atoms. The number of hydrogen-bond acceptors (Lipinski definition) is 4. The summed E-state index contributed by atoms with van der Waals surface area (Å²) in [5.74, 6) is -0.0648. The van der Waals surface area contributed by atoms with E-state index in [9.17, 15) is 18.0 Å². The number of benzene rings is 2. The molecule has 2 saturated heterocycles. The van der Waals surface area contributed by atoms with Crippen molar-refractivity contribution in [2.24, 2.45) is 0 Å². The summed E-state index contributed by atoms with van der Waals surface area (Å²) in [6.07, 6.45) is -1.31. The van der Waals surface area contributed by atoms with Gasteiger partial charge in [0.15, 0.2) is 6.61 Å². The van der Waals surface area contributed by atoms with E-state index in [0.717, 1.165) is 18.4 Å². The van der Waals surface area contributed by atoms with Crippen LogP contribution >= 0.6 is 0 Å². The Kier molecular flexibility index (Phi) is 7.48. The highest BCUT2D eigenvalue weighted by atomic mass is 19.4. The summed E-state index contributed by atoms with van der Waals surface area (Å²) < 4.78 is 54.4. The van der Waals surface area contributed by atoms with Gasteiger partial charge in [-0.15, -0.1) is 0 Å². The molecule has 0 radical (unpaired) electrons. The molecule has 0 saturated carbocycles. The molecule has 8 heteroatoms. The summed E-state index contributed by atoms with van der Waals surface area (Å²) in [6, 6.07) is 16.0. The third-order valence-corrected chi connectivity index (χ3v) is 6.51. The Bertz CT molecular complexity index is 941. The van der Waals surface area contributed by atoms with Gasteiger partial charge in [-0.2, -0.15) is 13.2 Å². The molecule has 2 atom stereocenters. The topological polar surface area (TPSA) is 48.0 Å². The van der Waals surface area contributed by atoms with Crippen molar-refractivity contribution in [3.63, 3.8) is 0 Å². The van der Waals surface area contributed by atoms with E-state index in [4.69, 9.17) is 14.2 Å². The first-order valence-electron chi connectivity index (χ1n) is 11.7. The van der Waals surface area contributed by atoms with Crippen molar-refractivity contribution in [3.05, 3.63) is 65.7 Å². The Morgan fingerprint density at radius 1 is 1.09 bits per heavy atom. The minimum atomic E-state index is -4.40. The molecule has 0 bridgehead atoms. The van der Waals surface area contributed by atoms with E-state index in [1.54, 1.807) is 4.90 Å². The van der Waals surface area contributed by atoms with E-state index >= 15 is 0 Å². The molecule has 184 valence electrons. The summed E-state index contributed by atoms with van der Waals surface area (Å²) in [5, 5.41) is 0. The number of carbonyl (C=O) groups is 1. The molecule has 1 amide bonds. The van der Waals surface area contributed by atoms with Crippen LogP contribution in [0.15, 0.2) is 54.6 Å². The predicted octanol–water partition coefficient (Wildman–Crippen LogP) is 5.56. The number of hydrogen-bond donors (Lipinski definition) is 0. The zero-order valence-electron chi connectivity index (χ0n) is 19.2. The molecule has 2 aromatic rings. The van der Waals surface area contributed by atoms with E-state index in [1.165, 1.54) is 24.3 Å². The highest BCUT2D eigenvalue weighted by molar-refractivity contribution is 5.94. The molecule has 5 nitrogen and oxygen atoms in total. The van der Waals surface area contributed by atoms with Crippen molar-refractivity contribution in [2.45, 2.75) is 56.6 Å². The van der Waals surface area contributed by atoms with Crippen LogP contribution in [0.5, 0.6) is 5.75 Å². The number of likely N-dealkylation sites (tertiary alicyclic amines) is 1. The van der Waals surface area contributed by atoms with Crippen molar-refractivity contribution < 1.29 is 32.2 Å². The van der Waals surface area contributed by atoms with E-state index in [0.29, 0.717) is 38.1 Å². The summed E-state index contributed by atoms with van der Waals surface area (Å²) in [4.78, 5) is 14.8. The number of amides is 1. The lowest BCUT2D eigenvalue weighted by molar-refractivity contribution is -0.190. The van der Waals surface area contributed by atoms with Crippen LogP contribution in [0.3, 0.4) is 0 Å². The van der Waals surface area contributed by atoms with Gasteiger partial charge in [-0.25, -0.2) is 0 Å². The molecule has 2 aliphatic rings. The average Bonchev–Trinajstić information content (AvgIpc) is 2.83. The normalized spacial score (nSPS) is 22.5. The van der Waals surface area contributed by atoms with Crippen LogP contribution in [0.25, 0.3) is 0 Å². The van der Waals surface area contributed by atoms with Crippen LogP contribution in [0.4, 0.5) is 13.2 Å². The second kappa shape index (κ2) is 10.4. The number of ether oxygens (including phenoxy) is 3. The third kappa shape index (κ3) is 6.10. The molecule has 0 aliphatic carbocycles. The van der Waals surface area contributed by atoms with Crippen LogP contribution in [-0.4, -0.2) is 55.0 Å². The molecule has 2 aromatic carbocycles. The van der Waals surface area contributed by atoms with Gasteiger partial charge in [0, 0.05) is 38.1 Å². The standard InChI is InChI=1S/C26H30F3NO4/c1-2-32-22-16-23(19-6-4-3-5-7-19)34-25(17-22)12-14-30(15-13-25)24(31)20-8-10-21(11-9-20)33-18-26(27,28)29/h3-11,22-23H,2,12-18H2,1H3. The van der Waals surface area contributed by atoms with Gasteiger partial charge >= 0.3 is 6.18 Å².